The third-order valence-electron chi connectivity index (χ3n) is 4.36. The molecular weight excluding hydrogens is 276 g/mol. The third-order valence-corrected chi connectivity index (χ3v) is 4.36. The van der Waals surface area contributed by atoms with E-state index in [1.165, 1.54) is 6.42 Å². The molecular formula is C18H22N2O2. The number of hydrogen-bond acceptors (Lipinski definition) is 3. The average molecular weight is 298 g/mol. The van der Waals surface area contributed by atoms with E-state index in [1.807, 2.05) is 35.2 Å². The van der Waals surface area contributed by atoms with E-state index in [0.717, 1.165) is 42.5 Å². The fraction of sp³-hybridized carbons (Fsp3) is 0.444. The first kappa shape index (κ1) is 14.8. The van der Waals surface area contributed by atoms with Crippen molar-refractivity contribution in [3.8, 4) is 5.75 Å². The summed E-state index contributed by atoms with van der Waals surface area (Å²) in [7, 11) is 0. The van der Waals surface area contributed by atoms with Crippen molar-refractivity contribution in [3.05, 3.63) is 36.5 Å². The molecule has 0 N–H and O–H groups in total. The predicted molar refractivity (Wildman–Crippen MR) is 86.9 cm³/mol. The fourth-order valence-corrected chi connectivity index (χ4v) is 3.12. The van der Waals surface area contributed by atoms with E-state index >= 15 is 0 Å². The second-order valence-corrected chi connectivity index (χ2v) is 5.79. The Bertz CT molecular complexity index is 656. The Morgan fingerprint density at radius 3 is 3.14 bits per heavy atom. The summed E-state index contributed by atoms with van der Waals surface area (Å²) in [5.74, 6) is 0.816. The molecule has 1 amide bonds. The SMILES string of the molecule is CCC1CCCCN1C(=O)COc1ccc2ncccc2c1. The summed E-state index contributed by atoms with van der Waals surface area (Å²) < 4.78 is 5.70. The van der Waals surface area contributed by atoms with Crippen LogP contribution in [-0.2, 0) is 4.79 Å². The van der Waals surface area contributed by atoms with Gasteiger partial charge in [-0.3, -0.25) is 9.78 Å². The summed E-state index contributed by atoms with van der Waals surface area (Å²) in [5.41, 5.74) is 0.934. The zero-order valence-corrected chi connectivity index (χ0v) is 13.0. The summed E-state index contributed by atoms with van der Waals surface area (Å²) in [6.45, 7) is 3.12. The number of carbonyl (C=O) groups is 1. The molecule has 2 heterocycles. The second kappa shape index (κ2) is 6.77. The molecule has 1 fully saturated rings. The molecule has 0 aliphatic carbocycles. The lowest BCUT2D eigenvalue weighted by Gasteiger charge is -2.35. The largest absolute Gasteiger partial charge is 0.484 e. The maximum Gasteiger partial charge on any atom is 0.260 e. The lowest BCUT2D eigenvalue weighted by molar-refractivity contribution is -0.137. The van der Waals surface area contributed by atoms with E-state index in [4.69, 9.17) is 4.74 Å². The molecule has 0 bridgehead atoms. The van der Waals surface area contributed by atoms with Crippen LogP contribution >= 0.6 is 0 Å². The standard InChI is InChI=1S/C18H22N2O2/c1-2-15-7-3-4-11-20(15)18(21)13-22-16-8-9-17-14(12-16)6-5-10-19-17/h5-6,8-10,12,15H,2-4,7,11,13H2,1H3. The minimum atomic E-state index is 0.0952. The molecule has 1 saturated heterocycles. The molecule has 0 spiro atoms. The van der Waals surface area contributed by atoms with Crippen LogP contribution in [0.4, 0.5) is 0 Å². The highest BCUT2D eigenvalue weighted by molar-refractivity contribution is 5.80. The Morgan fingerprint density at radius 2 is 2.27 bits per heavy atom. The van der Waals surface area contributed by atoms with Crippen LogP contribution in [0.15, 0.2) is 36.5 Å². The maximum absolute atomic E-state index is 12.4. The fourth-order valence-electron chi connectivity index (χ4n) is 3.12. The van der Waals surface area contributed by atoms with Gasteiger partial charge in [0.2, 0.25) is 0 Å². The molecule has 0 saturated carbocycles. The van der Waals surface area contributed by atoms with Gasteiger partial charge in [0.25, 0.3) is 5.91 Å². The normalized spacial score (nSPS) is 18.4. The van der Waals surface area contributed by atoms with Gasteiger partial charge in [0, 0.05) is 24.2 Å². The number of piperidine rings is 1. The van der Waals surface area contributed by atoms with Crippen molar-refractivity contribution in [1.29, 1.82) is 0 Å². The smallest absolute Gasteiger partial charge is 0.260 e. The van der Waals surface area contributed by atoms with Gasteiger partial charge in [-0.15, -0.1) is 0 Å². The van der Waals surface area contributed by atoms with Crippen LogP contribution < -0.4 is 4.74 Å². The van der Waals surface area contributed by atoms with E-state index in [0.29, 0.717) is 6.04 Å². The Balaban J connectivity index is 1.64. The number of carbonyl (C=O) groups excluding carboxylic acids is 1. The van der Waals surface area contributed by atoms with E-state index in [-0.39, 0.29) is 12.5 Å². The van der Waals surface area contributed by atoms with E-state index in [2.05, 4.69) is 11.9 Å². The van der Waals surface area contributed by atoms with Crippen molar-refractivity contribution in [2.75, 3.05) is 13.2 Å². The van der Waals surface area contributed by atoms with Gasteiger partial charge >= 0.3 is 0 Å². The highest BCUT2D eigenvalue weighted by Crippen LogP contribution is 2.21. The average Bonchev–Trinajstić information content (AvgIpc) is 2.59. The highest BCUT2D eigenvalue weighted by atomic mass is 16.5. The van der Waals surface area contributed by atoms with Gasteiger partial charge in [0.05, 0.1) is 5.52 Å². The molecule has 3 rings (SSSR count). The van der Waals surface area contributed by atoms with Crippen molar-refractivity contribution in [2.45, 2.75) is 38.6 Å². The molecule has 22 heavy (non-hydrogen) atoms. The topological polar surface area (TPSA) is 42.4 Å². The number of ether oxygens (including phenoxy) is 1. The van der Waals surface area contributed by atoms with Crippen LogP contribution in [-0.4, -0.2) is 35.0 Å². The van der Waals surface area contributed by atoms with Gasteiger partial charge < -0.3 is 9.64 Å². The summed E-state index contributed by atoms with van der Waals surface area (Å²) in [6, 6.07) is 10.0. The number of amides is 1. The van der Waals surface area contributed by atoms with Gasteiger partial charge in [-0.2, -0.15) is 0 Å². The van der Waals surface area contributed by atoms with Crippen LogP contribution in [0.1, 0.15) is 32.6 Å². The quantitative estimate of drug-likeness (QED) is 0.868. The van der Waals surface area contributed by atoms with Crippen LogP contribution in [0.2, 0.25) is 0 Å². The first-order valence-electron chi connectivity index (χ1n) is 8.05. The highest BCUT2D eigenvalue weighted by Gasteiger charge is 2.25. The lowest BCUT2D eigenvalue weighted by atomic mass is 10.00. The van der Waals surface area contributed by atoms with Crippen molar-refractivity contribution in [3.63, 3.8) is 0 Å². The molecule has 1 aromatic heterocycles. The van der Waals surface area contributed by atoms with E-state index in [1.54, 1.807) is 6.20 Å². The Hall–Kier alpha value is -2.10. The maximum atomic E-state index is 12.4. The molecule has 1 unspecified atom stereocenters. The Morgan fingerprint density at radius 1 is 1.36 bits per heavy atom. The molecule has 1 aromatic carbocycles. The number of nitrogens with zero attached hydrogens (tertiary/aromatic N) is 2. The summed E-state index contributed by atoms with van der Waals surface area (Å²) in [6.07, 6.45) is 6.23. The van der Waals surface area contributed by atoms with Gasteiger partial charge in [-0.25, -0.2) is 0 Å². The number of likely N-dealkylation sites (tertiary alicyclic amines) is 1. The molecule has 1 aliphatic heterocycles. The lowest BCUT2D eigenvalue weighted by Crippen LogP contribution is -2.45. The first-order valence-corrected chi connectivity index (χ1v) is 8.05. The number of aromatic nitrogens is 1. The molecule has 0 radical (unpaired) electrons. The molecule has 116 valence electrons. The van der Waals surface area contributed by atoms with Crippen molar-refractivity contribution in [1.82, 2.24) is 9.88 Å². The zero-order chi connectivity index (χ0) is 15.4. The molecule has 2 aromatic rings. The van der Waals surface area contributed by atoms with Gasteiger partial charge in [-0.05, 0) is 49.9 Å². The monoisotopic (exact) mass is 298 g/mol. The molecule has 4 nitrogen and oxygen atoms in total. The zero-order valence-electron chi connectivity index (χ0n) is 13.0. The first-order chi connectivity index (χ1) is 10.8. The number of pyridine rings is 1. The van der Waals surface area contributed by atoms with E-state index in [9.17, 15) is 4.79 Å². The summed E-state index contributed by atoms with van der Waals surface area (Å²) in [4.78, 5) is 18.7. The number of fused-ring (bicyclic) bond motifs is 1. The van der Waals surface area contributed by atoms with Crippen molar-refractivity contribution in [2.24, 2.45) is 0 Å². The molecule has 4 heteroatoms. The predicted octanol–water partition coefficient (Wildman–Crippen LogP) is 3.40. The molecule has 1 atom stereocenters. The van der Waals surface area contributed by atoms with Gasteiger partial charge in [0.1, 0.15) is 5.75 Å². The van der Waals surface area contributed by atoms with Crippen molar-refractivity contribution < 1.29 is 9.53 Å². The summed E-state index contributed by atoms with van der Waals surface area (Å²) in [5, 5.41) is 1.02. The third kappa shape index (κ3) is 3.21. The number of benzene rings is 1. The van der Waals surface area contributed by atoms with Gasteiger partial charge in [-0.1, -0.05) is 13.0 Å². The van der Waals surface area contributed by atoms with E-state index < -0.39 is 0 Å². The van der Waals surface area contributed by atoms with Crippen LogP contribution in [0.3, 0.4) is 0 Å². The van der Waals surface area contributed by atoms with Crippen LogP contribution in [0, 0.1) is 0 Å². The van der Waals surface area contributed by atoms with Gasteiger partial charge in [0.15, 0.2) is 6.61 Å². The second-order valence-electron chi connectivity index (χ2n) is 5.79. The number of rotatable bonds is 4. The van der Waals surface area contributed by atoms with Crippen molar-refractivity contribution >= 4 is 16.8 Å². The molecule has 1 aliphatic rings. The Labute approximate surface area is 131 Å². The summed E-state index contributed by atoms with van der Waals surface area (Å²) >= 11 is 0. The number of hydrogen-bond donors (Lipinski definition) is 0. The van der Waals surface area contributed by atoms with Crippen LogP contribution in [0.5, 0.6) is 5.75 Å². The van der Waals surface area contributed by atoms with Crippen LogP contribution in [0.25, 0.3) is 10.9 Å². The minimum absolute atomic E-state index is 0.0952. The Kier molecular flexibility index (Phi) is 4.56. The minimum Gasteiger partial charge on any atom is -0.484 e.